The standard InChI is InChI=1S/C32H36N8O11P2/c1-16-22(49-32(25(16)50-52(44)45)40-15-35-23-28(40)36-18(3)37-30(23)43)13-47-53(4,46)51-24-17(2)31(48-21(24)12-41)39-11-10-20-26(33-14-34-27(20)39)38-29(42)19-8-6-5-7-9-19/h5-11,14-17,21-22,24-25,31-32,41H,12-13H2,1-4H3,(H2-,33,34,36,37,38,42,43,44,45)/p+1/t16?,17?,21-,22-,24-,25+,31-,32-,53?/m1/s1. The zero-order valence-electron chi connectivity index (χ0n) is 28.9. The normalized spacial score (nSPS) is 27.3. The van der Waals surface area contributed by atoms with Crippen molar-refractivity contribution in [2.75, 3.05) is 25.2 Å². The van der Waals surface area contributed by atoms with E-state index in [2.05, 4.69) is 30.2 Å². The summed E-state index contributed by atoms with van der Waals surface area (Å²) in [5.41, 5.74) is 0.689. The number of benzene rings is 1. The van der Waals surface area contributed by atoms with E-state index >= 15 is 0 Å². The molecule has 53 heavy (non-hydrogen) atoms. The number of carbonyl (C=O) groups is 1. The summed E-state index contributed by atoms with van der Waals surface area (Å²) < 4.78 is 58.5. The minimum absolute atomic E-state index is 0.0467. The molecule has 1 amide bonds. The summed E-state index contributed by atoms with van der Waals surface area (Å²) in [5.74, 6) is -0.753. The van der Waals surface area contributed by atoms with Gasteiger partial charge in [0.15, 0.2) is 23.5 Å². The van der Waals surface area contributed by atoms with Crippen molar-refractivity contribution in [1.29, 1.82) is 0 Å². The van der Waals surface area contributed by atoms with Crippen LogP contribution in [0.3, 0.4) is 0 Å². The fraction of sp³-hybridized carbons (Fsp3) is 0.438. The first-order valence-electron chi connectivity index (χ1n) is 16.6. The van der Waals surface area contributed by atoms with E-state index in [0.29, 0.717) is 28.2 Å². The Morgan fingerprint density at radius 1 is 1.04 bits per heavy atom. The highest BCUT2D eigenvalue weighted by atomic mass is 31.2. The highest BCUT2D eigenvalue weighted by molar-refractivity contribution is 7.53. The zero-order chi connectivity index (χ0) is 37.6. The third kappa shape index (κ3) is 7.32. The topological polar surface area (TPSA) is 244 Å². The molecule has 2 saturated heterocycles. The molecule has 5 aromatic rings. The SMILES string of the molecule is Cc1nc2c(ncn2[C@@H]2O[C@H](COP(C)(=O)O[C@@H]3C(C)[C@H](n4ccc5c(NC(=O)c6ccccc6)ncnc54)O[C@@H]3CO)C(C)[C@@H]2O[P+](=O)O)c(=O)[nH]1. The molecule has 7 rings (SSSR count). The number of aromatic nitrogens is 7. The minimum Gasteiger partial charge on any atom is -0.394 e. The van der Waals surface area contributed by atoms with Gasteiger partial charge in [0.05, 0.1) is 31.0 Å². The summed E-state index contributed by atoms with van der Waals surface area (Å²) in [6.45, 7) is 5.71. The summed E-state index contributed by atoms with van der Waals surface area (Å²) in [4.78, 5) is 54.7. The van der Waals surface area contributed by atoms with Gasteiger partial charge in [0.2, 0.25) is 0 Å². The highest BCUT2D eigenvalue weighted by Gasteiger charge is 2.50. The van der Waals surface area contributed by atoms with Crippen molar-refractivity contribution >= 4 is 49.8 Å². The minimum atomic E-state index is -3.87. The Bertz CT molecular complexity index is 2270. The van der Waals surface area contributed by atoms with Crippen LogP contribution in [0.25, 0.3) is 22.2 Å². The number of aryl methyl sites for hydroxylation is 1. The smallest absolute Gasteiger partial charge is 0.394 e. The molecule has 0 radical (unpaired) electrons. The monoisotopic (exact) mass is 771 g/mol. The van der Waals surface area contributed by atoms with Gasteiger partial charge in [0.25, 0.3) is 11.5 Å². The van der Waals surface area contributed by atoms with Crippen LogP contribution in [0.15, 0.2) is 60.0 Å². The maximum Gasteiger partial charge on any atom is 0.695 e. The van der Waals surface area contributed by atoms with Crippen molar-refractivity contribution in [3.05, 3.63) is 77.0 Å². The van der Waals surface area contributed by atoms with Gasteiger partial charge in [-0.25, -0.2) is 19.9 Å². The fourth-order valence-electron chi connectivity index (χ4n) is 6.76. The van der Waals surface area contributed by atoms with Crippen LogP contribution in [0, 0.1) is 18.8 Å². The lowest BCUT2D eigenvalue weighted by Crippen LogP contribution is -2.31. The summed E-state index contributed by atoms with van der Waals surface area (Å²) in [6.07, 6.45) is -0.945. The van der Waals surface area contributed by atoms with Gasteiger partial charge in [0, 0.05) is 34.8 Å². The molecule has 1 aromatic carbocycles. The van der Waals surface area contributed by atoms with E-state index < -0.39 is 76.7 Å². The summed E-state index contributed by atoms with van der Waals surface area (Å²) >= 11 is 0. The molecule has 2 aliphatic rings. The van der Waals surface area contributed by atoms with Crippen LogP contribution in [0.4, 0.5) is 5.82 Å². The third-order valence-electron chi connectivity index (χ3n) is 9.40. The van der Waals surface area contributed by atoms with Crippen LogP contribution in [-0.4, -0.2) is 94.3 Å². The zero-order valence-corrected chi connectivity index (χ0v) is 30.7. The molecule has 6 heterocycles. The number of imidazole rings is 1. The third-order valence-corrected chi connectivity index (χ3v) is 11.1. The summed E-state index contributed by atoms with van der Waals surface area (Å²) in [6, 6.07) is 10.5. The van der Waals surface area contributed by atoms with Gasteiger partial charge in [-0.15, -0.1) is 9.42 Å². The van der Waals surface area contributed by atoms with E-state index in [-0.39, 0.29) is 23.7 Å². The van der Waals surface area contributed by atoms with Crippen LogP contribution in [0.1, 0.15) is 42.5 Å². The molecule has 4 aromatic heterocycles. The molecule has 0 bridgehead atoms. The molecule has 4 N–H and O–H groups in total. The lowest BCUT2D eigenvalue weighted by Gasteiger charge is -2.26. The lowest BCUT2D eigenvalue weighted by atomic mass is 10.0. The predicted molar refractivity (Wildman–Crippen MR) is 187 cm³/mol. The van der Waals surface area contributed by atoms with E-state index in [0.717, 1.165) is 0 Å². The number of ether oxygens (including phenoxy) is 2. The van der Waals surface area contributed by atoms with E-state index in [1.807, 2.05) is 13.0 Å². The van der Waals surface area contributed by atoms with Gasteiger partial charge in [-0.2, -0.15) is 0 Å². The van der Waals surface area contributed by atoms with Crippen LogP contribution in [-0.2, 0) is 32.2 Å². The van der Waals surface area contributed by atoms with Crippen molar-refractivity contribution in [1.82, 2.24) is 34.1 Å². The Balaban J connectivity index is 1.05. The number of hydrogen-bond acceptors (Lipinski definition) is 14. The Morgan fingerprint density at radius 2 is 1.79 bits per heavy atom. The second-order valence-electron chi connectivity index (χ2n) is 13.0. The average molecular weight is 772 g/mol. The van der Waals surface area contributed by atoms with E-state index in [1.165, 1.54) is 23.9 Å². The van der Waals surface area contributed by atoms with Crippen molar-refractivity contribution < 1.29 is 47.0 Å². The molecular formula is C32H37N8O11P2+. The average Bonchev–Trinajstić information content (AvgIpc) is 3.89. The van der Waals surface area contributed by atoms with Crippen molar-refractivity contribution in [2.24, 2.45) is 11.8 Å². The number of aliphatic hydroxyl groups excluding tert-OH is 1. The molecule has 4 unspecified atom stereocenters. The Hall–Kier alpha value is -4.29. The maximum absolute atomic E-state index is 13.8. The van der Waals surface area contributed by atoms with Crippen molar-refractivity contribution in [2.45, 2.75) is 57.6 Å². The van der Waals surface area contributed by atoms with Crippen molar-refractivity contribution in [3.8, 4) is 0 Å². The number of rotatable bonds is 12. The Labute approximate surface area is 302 Å². The van der Waals surface area contributed by atoms with E-state index in [4.69, 9.17) is 23.0 Å². The number of hydrogen-bond donors (Lipinski definition) is 4. The van der Waals surface area contributed by atoms with E-state index in [9.17, 15) is 28.7 Å². The number of carbonyl (C=O) groups excluding carboxylic acids is 1. The molecule has 280 valence electrons. The number of nitrogens with one attached hydrogen (secondary N) is 2. The summed E-state index contributed by atoms with van der Waals surface area (Å²) in [5, 5.41) is 13.6. The molecule has 0 spiro atoms. The Morgan fingerprint density at radius 3 is 2.53 bits per heavy atom. The van der Waals surface area contributed by atoms with Crippen LogP contribution >= 0.6 is 15.9 Å². The number of aliphatic hydroxyl groups is 1. The molecular weight excluding hydrogens is 734 g/mol. The number of anilines is 1. The van der Waals surface area contributed by atoms with Gasteiger partial charge in [-0.05, 0) is 25.1 Å². The first-order chi connectivity index (χ1) is 25.3. The second-order valence-corrected chi connectivity index (χ2v) is 15.7. The second kappa shape index (κ2) is 14.9. The predicted octanol–water partition coefficient (Wildman–Crippen LogP) is 3.44. The first kappa shape index (κ1) is 37.0. The van der Waals surface area contributed by atoms with Crippen LogP contribution < -0.4 is 10.9 Å². The van der Waals surface area contributed by atoms with Crippen molar-refractivity contribution in [3.63, 3.8) is 0 Å². The molecule has 2 fully saturated rings. The number of H-pyrrole nitrogens is 1. The van der Waals surface area contributed by atoms with Crippen LogP contribution in [0.5, 0.6) is 0 Å². The lowest BCUT2D eigenvalue weighted by molar-refractivity contribution is -0.0498. The van der Waals surface area contributed by atoms with Gasteiger partial charge < -0.3 is 38.5 Å². The van der Waals surface area contributed by atoms with E-state index in [1.54, 1.807) is 54.9 Å². The number of aromatic amines is 1. The highest BCUT2D eigenvalue weighted by Crippen LogP contribution is 2.52. The maximum atomic E-state index is 13.8. The molecule has 0 saturated carbocycles. The molecule has 2 aliphatic heterocycles. The first-order valence-corrected chi connectivity index (χ1v) is 19.7. The molecule has 21 heteroatoms. The van der Waals surface area contributed by atoms with Gasteiger partial charge in [0.1, 0.15) is 42.1 Å². The Kier molecular flexibility index (Phi) is 10.4. The molecule has 19 nitrogen and oxygen atoms in total. The van der Waals surface area contributed by atoms with Crippen LogP contribution in [0.2, 0.25) is 0 Å². The van der Waals surface area contributed by atoms with Gasteiger partial charge in [-0.1, -0.05) is 32.0 Å². The molecule has 10 atom stereocenters. The van der Waals surface area contributed by atoms with Gasteiger partial charge in [-0.3, -0.25) is 18.7 Å². The largest absolute Gasteiger partial charge is 0.695 e. The number of nitrogens with zero attached hydrogens (tertiary/aromatic N) is 6. The van der Waals surface area contributed by atoms with Gasteiger partial charge >= 0.3 is 15.9 Å². The number of fused-ring (bicyclic) bond motifs is 2. The fourth-order valence-corrected chi connectivity index (χ4v) is 8.51. The summed E-state index contributed by atoms with van der Waals surface area (Å²) in [7, 11) is -6.92. The number of amides is 1. The quantitative estimate of drug-likeness (QED) is 0.133. The molecule has 0 aliphatic carbocycles.